The van der Waals surface area contributed by atoms with Crippen LogP contribution >= 0.6 is 0 Å². The Morgan fingerprint density at radius 3 is 2.59 bits per heavy atom. The number of nitrogens with zero attached hydrogens (tertiary/aromatic N) is 2. The van der Waals surface area contributed by atoms with E-state index < -0.39 is 10.0 Å². The molecule has 0 atom stereocenters. The van der Waals surface area contributed by atoms with Gasteiger partial charge in [0.05, 0.1) is 24.7 Å². The molecule has 1 N–H and O–H groups in total. The van der Waals surface area contributed by atoms with Crippen molar-refractivity contribution in [1.29, 1.82) is 0 Å². The predicted octanol–water partition coefficient (Wildman–Crippen LogP) is 0.909. The van der Waals surface area contributed by atoms with Crippen LogP contribution in [0.2, 0.25) is 0 Å². The number of amides is 1. The fourth-order valence-electron chi connectivity index (χ4n) is 3.03. The first-order valence-electron chi connectivity index (χ1n) is 8.99. The first kappa shape index (κ1) is 19.8. The number of likely N-dealkylation sites (N-methyl/N-ethyl adjacent to an activating group) is 1. The molecule has 2 aromatic carbocycles. The van der Waals surface area contributed by atoms with E-state index in [4.69, 9.17) is 4.74 Å². The summed E-state index contributed by atoms with van der Waals surface area (Å²) in [5.74, 6) is -0.310. The average molecular weight is 391 g/mol. The van der Waals surface area contributed by atoms with E-state index in [1.54, 1.807) is 18.2 Å². The molecule has 1 amide bonds. The van der Waals surface area contributed by atoms with Crippen LogP contribution in [0.25, 0.3) is 10.8 Å². The quantitative estimate of drug-likeness (QED) is 0.759. The molecule has 0 spiro atoms. The number of nitrogens with one attached hydrogen (secondary N) is 1. The van der Waals surface area contributed by atoms with Crippen LogP contribution in [0.15, 0.2) is 47.4 Å². The van der Waals surface area contributed by atoms with Crippen molar-refractivity contribution >= 4 is 26.7 Å². The first-order chi connectivity index (χ1) is 13.0. The Labute approximate surface area is 159 Å². The molecule has 1 saturated heterocycles. The molecule has 0 bridgehead atoms. The molecule has 0 unspecified atom stereocenters. The summed E-state index contributed by atoms with van der Waals surface area (Å²) in [4.78, 5) is 14.5. The van der Waals surface area contributed by atoms with E-state index >= 15 is 0 Å². The summed E-state index contributed by atoms with van der Waals surface area (Å²) in [5, 5.41) is 4.61. The maximum atomic E-state index is 12.8. The fraction of sp³-hybridized carbons (Fsp3) is 0.421. The van der Waals surface area contributed by atoms with Crippen LogP contribution in [-0.2, 0) is 19.6 Å². The second-order valence-corrected chi connectivity index (χ2v) is 8.62. The van der Waals surface area contributed by atoms with E-state index in [0.717, 1.165) is 34.7 Å². The summed E-state index contributed by atoms with van der Waals surface area (Å²) in [5.41, 5.74) is 0. The number of carbonyl (C=O) groups is 1. The molecule has 1 heterocycles. The van der Waals surface area contributed by atoms with Gasteiger partial charge in [0.1, 0.15) is 0 Å². The van der Waals surface area contributed by atoms with Crippen LogP contribution in [0.1, 0.15) is 0 Å². The van der Waals surface area contributed by atoms with Gasteiger partial charge in [-0.2, -0.15) is 4.31 Å². The third-order valence-electron chi connectivity index (χ3n) is 4.65. The Morgan fingerprint density at radius 2 is 1.85 bits per heavy atom. The van der Waals surface area contributed by atoms with Crippen LogP contribution in [0.3, 0.4) is 0 Å². The number of morpholine rings is 1. The maximum absolute atomic E-state index is 12.8. The van der Waals surface area contributed by atoms with Gasteiger partial charge in [0, 0.05) is 33.2 Å². The summed E-state index contributed by atoms with van der Waals surface area (Å²) < 4.78 is 31.9. The van der Waals surface area contributed by atoms with Crippen molar-refractivity contribution < 1.29 is 17.9 Å². The Balaban J connectivity index is 1.56. The van der Waals surface area contributed by atoms with Crippen molar-refractivity contribution in [2.45, 2.75) is 4.90 Å². The summed E-state index contributed by atoms with van der Waals surface area (Å²) in [6.07, 6.45) is 0. The van der Waals surface area contributed by atoms with Gasteiger partial charge in [-0.15, -0.1) is 0 Å². The van der Waals surface area contributed by atoms with Gasteiger partial charge in [-0.25, -0.2) is 8.42 Å². The molecule has 1 aliphatic heterocycles. The fourth-order valence-corrected chi connectivity index (χ4v) is 4.19. The third kappa shape index (κ3) is 5.04. The van der Waals surface area contributed by atoms with Gasteiger partial charge >= 0.3 is 0 Å². The van der Waals surface area contributed by atoms with Gasteiger partial charge in [0.15, 0.2) is 0 Å². The SMILES string of the molecule is CN(CC(=O)NCCN1CCOCC1)S(=O)(=O)c1ccc2ccccc2c1. The van der Waals surface area contributed by atoms with E-state index in [1.165, 1.54) is 7.05 Å². The molecule has 2 aromatic rings. The minimum atomic E-state index is -3.73. The molecular formula is C19H25N3O4S. The zero-order valence-electron chi connectivity index (χ0n) is 15.4. The van der Waals surface area contributed by atoms with Gasteiger partial charge in [-0.3, -0.25) is 9.69 Å². The molecule has 1 fully saturated rings. The summed E-state index contributed by atoms with van der Waals surface area (Å²) >= 11 is 0. The molecule has 3 rings (SSSR count). The highest BCUT2D eigenvalue weighted by atomic mass is 32.2. The highest BCUT2D eigenvalue weighted by molar-refractivity contribution is 7.89. The number of benzene rings is 2. The zero-order chi connectivity index (χ0) is 19.3. The molecule has 8 heteroatoms. The Morgan fingerprint density at radius 1 is 1.15 bits per heavy atom. The van der Waals surface area contributed by atoms with Gasteiger partial charge in [-0.05, 0) is 22.9 Å². The summed E-state index contributed by atoms with van der Waals surface area (Å²) in [6.45, 7) is 4.14. The van der Waals surface area contributed by atoms with Crippen molar-refractivity contribution in [3.05, 3.63) is 42.5 Å². The number of fused-ring (bicyclic) bond motifs is 1. The van der Waals surface area contributed by atoms with E-state index in [0.29, 0.717) is 19.8 Å². The average Bonchev–Trinajstić information content (AvgIpc) is 2.68. The Kier molecular flexibility index (Phi) is 6.43. The molecule has 0 saturated carbocycles. The second-order valence-electron chi connectivity index (χ2n) is 6.57. The van der Waals surface area contributed by atoms with Gasteiger partial charge in [0.2, 0.25) is 15.9 Å². The van der Waals surface area contributed by atoms with Crippen LogP contribution in [0, 0.1) is 0 Å². The van der Waals surface area contributed by atoms with Crippen molar-refractivity contribution in [1.82, 2.24) is 14.5 Å². The summed E-state index contributed by atoms with van der Waals surface area (Å²) in [6, 6.07) is 12.6. The number of rotatable bonds is 7. The van der Waals surface area contributed by atoms with Gasteiger partial charge in [0.25, 0.3) is 0 Å². The smallest absolute Gasteiger partial charge is 0.243 e. The lowest BCUT2D eigenvalue weighted by Crippen LogP contribution is -2.43. The molecule has 7 nitrogen and oxygen atoms in total. The number of ether oxygens (including phenoxy) is 1. The van der Waals surface area contributed by atoms with E-state index in [1.807, 2.05) is 24.3 Å². The van der Waals surface area contributed by atoms with Crippen molar-refractivity contribution in [3.63, 3.8) is 0 Å². The predicted molar refractivity (Wildman–Crippen MR) is 104 cm³/mol. The minimum absolute atomic E-state index is 0.185. The van der Waals surface area contributed by atoms with Gasteiger partial charge < -0.3 is 10.1 Å². The molecular weight excluding hydrogens is 366 g/mol. The number of hydrogen-bond acceptors (Lipinski definition) is 5. The molecule has 0 aliphatic carbocycles. The van der Waals surface area contributed by atoms with Gasteiger partial charge in [-0.1, -0.05) is 30.3 Å². The molecule has 146 valence electrons. The van der Waals surface area contributed by atoms with Crippen molar-refractivity contribution in [3.8, 4) is 0 Å². The molecule has 1 aliphatic rings. The number of sulfonamides is 1. The number of hydrogen-bond donors (Lipinski definition) is 1. The third-order valence-corrected chi connectivity index (χ3v) is 6.45. The van der Waals surface area contributed by atoms with Crippen LogP contribution in [0.5, 0.6) is 0 Å². The first-order valence-corrected chi connectivity index (χ1v) is 10.4. The molecule has 27 heavy (non-hydrogen) atoms. The minimum Gasteiger partial charge on any atom is -0.379 e. The topological polar surface area (TPSA) is 79.0 Å². The largest absolute Gasteiger partial charge is 0.379 e. The Bertz CT molecular complexity index is 895. The highest BCUT2D eigenvalue weighted by Gasteiger charge is 2.23. The number of carbonyl (C=O) groups excluding carboxylic acids is 1. The highest BCUT2D eigenvalue weighted by Crippen LogP contribution is 2.21. The lowest BCUT2D eigenvalue weighted by atomic mass is 10.1. The van der Waals surface area contributed by atoms with Crippen molar-refractivity contribution in [2.24, 2.45) is 0 Å². The lowest BCUT2D eigenvalue weighted by molar-refractivity contribution is -0.121. The van der Waals surface area contributed by atoms with Crippen LogP contribution in [0.4, 0.5) is 0 Å². The zero-order valence-corrected chi connectivity index (χ0v) is 16.2. The van der Waals surface area contributed by atoms with E-state index in [-0.39, 0.29) is 17.3 Å². The van der Waals surface area contributed by atoms with E-state index in [2.05, 4.69) is 10.2 Å². The van der Waals surface area contributed by atoms with E-state index in [9.17, 15) is 13.2 Å². The normalized spacial score (nSPS) is 15.9. The maximum Gasteiger partial charge on any atom is 0.243 e. The van der Waals surface area contributed by atoms with Crippen LogP contribution in [-0.4, -0.2) is 76.5 Å². The summed E-state index contributed by atoms with van der Waals surface area (Å²) in [7, 11) is -2.30. The van der Waals surface area contributed by atoms with Crippen LogP contribution < -0.4 is 5.32 Å². The second kappa shape index (κ2) is 8.79. The Hall–Kier alpha value is -2.00. The van der Waals surface area contributed by atoms with Crippen molar-refractivity contribution in [2.75, 3.05) is 53.0 Å². The standard InChI is InChI=1S/C19H25N3O4S/c1-21(15-19(23)20-8-9-22-10-12-26-13-11-22)27(24,25)18-7-6-16-4-2-3-5-17(16)14-18/h2-7,14H,8-13,15H2,1H3,(H,20,23). The lowest BCUT2D eigenvalue weighted by Gasteiger charge is -2.26. The molecule has 0 aromatic heterocycles. The molecule has 0 radical (unpaired) electrons. The monoisotopic (exact) mass is 391 g/mol.